The molecule has 0 saturated carbocycles. The van der Waals surface area contributed by atoms with E-state index in [0.717, 1.165) is 31.3 Å². The van der Waals surface area contributed by atoms with Crippen molar-refractivity contribution in [2.24, 2.45) is 11.1 Å². The van der Waals surface area contributed by atoms with Crippen LogP contribution in [0.3, 0.4) is 0 Å². The number of hydrogen-bond donors (Lipinski definition) is 1. The van der Waals surface area contributed by atoms with Gasteiger partial charge in [-0.2, -0.15) is 0 Å². The molecule has 2 N–H and O–H groups in total. The third kappa shape index (κ3) is 3.21. The Morgan fingerprint density at radius 1 is 1.20 bits per heavy atom. The van der Waals surface area contributed by atoms with E-state index in [1.54, 1.807) is 0 Å². The van der Waals surface area contributed by atoms with Crippen molar-refractivity contribution in [1.82, 2.24) is 9.55 Å². The topological polar surface area (TPSA) is 43.8 Å². The van der Waals surface area contributed by atoms with Crippen LogP contribution in [0.2, 0.25) is 0 Å². The lowest BCUT2D eigenvalue weighted by Gasteiger charge is -2.24. The van der Waals surface area contributed by atoms with Gasteiger partial charge >= 0.3 is 0 Å². The lowest BCUT2D eigenvalue weighted by atomic mass is 9.84. The van der Waals surface area contributed by atoms with Gasteiger partial charge in [-0.05, 0) is 50.8 Å². The Kier molecular flexibility index (Phi) is 4.48. The minimum atomic E-state index is 0.286. The number of rotatable bonds is 6. The van der Waals surface area contributed by atoms with Crippen LogP contribution in [0, 0.1) is 5.41 Å². The van der Waals surface area contributed by atoms with E-state index in [1.807, 2.05) is 0 Å². The summed E-state index contributed by atoms with van der Waals surface area (Å²) in [7, 11) is 0. The van der Waals surface area contributed by atoms with Crippen LogP contribution in [0.5, 0.6) is 0 Å². The number of nitrogens with zero attached hydrogens (tertiary/aromatic N) is 2. The quantitative estimate of drug-likeness (QED) is 0.866. The van der Waals surface area contributed by atoms with Crippen LogP contribution in [0.25, 0.3) is 11.0 Å². The van der Waals surface area contributed by atoms with Crippen molar-refractivity contribution in [3.63, 3.8) is 0 Å². The molecule has 0 bridgehead atoms. The Morgan fingerprint density at radius 2 is 1.90 bits per heavy atom. The molecule has 0 aliphatic heterocycles. The predicted octanol–water partition coefficient (Wildman–Crippen LogP) is 3.92. The molecule has 0 spiro atoms. The van der Waals surface area contributed by atoms with Crippen molar-refractivity contribution in [2.45, 2.75) is 53.0 Å². The van der Waals surface area contributed by atoms with Crippen LogP contribution < -0.4 is 5.73 Å². The Hall–Kier alpha value is -1.35. The van der Waals surface area contributed by atoms with Gasteiger partial charge in [-0.1, -0.05) is 26.0 Å². The van der Waals surface area contributed by atoms with Gasteiger partial charge in [0, 0.05) is 12.5 Å². The minimum Gasteiger partial charge on any atom is -0.330 e. The predicted molar refractivity (Wildman–Crippen MR) is 85.9 cm³/mol. The molecule has 3 nitrogen and oxygen atoms in total. The van der Waals surface area contributed by atoms with Gasteiger partial charge < -0.3 is 10.3 Å². The number of aromatic nitrogens is 2. The lowest BCUT2D eigenvalue weighted by molar-refractivity contribution is 0.308. The fraction of sp³-hybridized carbons (Fsp3) is 0.588. The molecule has 0 radical (unpaired) electrons. The fourth-order valence-corrected chi connectivity index (χ4v) is 2.81. The first kappa shape index (κ1) is 15.0. The molecule has 20 heavy (non-hydrogen) atoms. The van der Waals surface area contributed by atoms with Crippen LogP contribution in [0.1, 0.15) is 52.4 Å². The smallest absolute Gasteiger partial charge is 0.110 e. The summed E-state index contributed by atoms with van der Waals surface area (Å²) in [6.45, 7) is 9.79. The number of aryl methyl sites for hydroxylation is 1. The summed E-state index contributed by atoms with van der Waals surface area (Å²) in [6.07, 6.45) is 3.20. The molecule has 1 aromatic heterocycles. The zero-order valence-corrected chi connectivity index (χ0v) is 13.2. The van der Waals surface area contributed by atoms with Crippen molar-refractivity contribution in [3.05, 3.63) is 30.1 Å². The molecule has 2 aromatic rings. The van der Waals surface area contributed by atoms with E-state index in [4.69, 9.17) is 10.7 Å². The average Bonchev–Trinajstić information content (AvgIpc) is 2.74. The molecule has 0 fully saturated rings. The number of nitrogens with two attached hydrogens (primary N) is 1. The summed E-state index contributed by atoms with van der Waals surface area (Å²) in [5, 5.41) is 0. The van der Waals surface area contributed by atoms with E-state index in [1.165, 1.54) is 11.3 Å². The minimum absolute atomic E-state index is 0.286. The van der Waals surface area contributed by atoms with Gasteiger partial charge in [-0.15, -0.1) is 0 Å². The highest BCUT2D eigenvalue weighted by atomic mass is 15.1. The molecule has 0 unspecified atom stereocenters. The number of benzene rings is 1. The Morgan fingerprint density at radius 3 is 2.55 bits per heavy atom. The van der Waals surface area contributed by atoms with Crippen LogP contribution in [0.15, 0.2) is 24.3 Å². The first-order valence-electron chi connectivity index (χ1n) is 7.60. The zero-order chi connectivity index (χ0) is 14.8. The normalized spacial score (nSPS) is 12.5. The van der Waals surface area contributed by atoms with E-state index in [-0.39, 0.29) is 5.41 Å². The van der Waals surface area contributed by atoms with Crippen molar-refractivity contribution < 1.29 is 0 Å². The van der Waals surface area contributed by atoms with Crippen molar-refractivity contribution >= 4 is 11.0 Å². The summed E-state index contributed by atoms with van der Waals surface area (Å²) in [5.41, 5.74) is 8.34. The summed E-state index contributed by atoms with van der Waals surface area (Å²) in [5.74, 6) is 1.20. The lowest BCUT2D eigenvalue weighted by Crippen LogP contribution is -2.19. The number of hydrogen-bond acceptors (Lipinski definition) is 2. The van der Waals surface area contributed by atoms with Crippen molar-refractivity contribution in [1.29, 1.82) is 0 Å². The first-order chi connectivity index (χ1) is 9.44. The van der Waals surface area contributed by atoms with Gasteiger partial charge in [0.1, 0.15) is 5.82 Å². The summed E-state index contributed by atoms with van der Waals surface area (Å²) in [4.78, 5) is 4.83. The molecule has 0 amide bonds. The molecular formula is C17H27N3. The third-order valence-corrected chi connectivity index (χ3v) is 4.03. The SMILES string of the molecule is CC(C)n1c(CCC(C)(C)CCN)nc2ccccc21. The monoisotopic (exact) mass is 273 g/mol. The van der Waals surface area contributed by atoms with Gasteiger partial charge in [0.25, 0.3) is 0 Å². The van der Waals surface area contributed by atoms with Gasteiger partial charge in [-0.25, -0.2) is 4.98 Å². The van der Waals surface area contributed by atoms with Crippen LogP contribution in [-0.2, 0) is 6.42 Å². The summed E-state index contributed by atoms with van der Waals surface area (Å²) in [6, 6.07) is 8.85. The molecule has 1 aromatic carbocycles. The third-order valence-electron chi connectivity index (χ3n) is 4.03. The van der Waals surface area contributed by atoms with Crippen LogP contribution >= 0.6 is 0 Å². The van der Waals surface area contributed by atoms with Gasteiger partial charge in [0.05, 0.1) is 11.0 Å². The van der Waals surface area contributed by atoms with Gasteiger partial charge in [0.15, 0.2) is 0 Å². The van der Waals surface area contributed by atoms with Crippen molar-refractivity contribution in [3.8, 4) is 0 Å². The Labute approximate surface area is 122 Å². The highest BCUT2D eigenvalue weighted by molar-refractivity contribution is 5.76. The van der Waals surface area contributed by atoms with E-state index in [2.05, 4.69) is 56.5 Å². The van der Waals surface area contributed by atoms with E-state index < -0.39 is 0 Å². The molecule has 0 aliphatic rings. The maximum atomic E-state index is 5.70. The van der Waals surface area contributed by atoms with Gasteiger partial charge in [0.2, 0.25) is 0 Å². The largest absolute Gasteiger partial charge is 0.330 e. The number of fused-ring (bicyclic) bond motifs is 1. The molecule has 3 heteroatoms. The molecule has 2 rings (SSSR count). The molecule has 0 saturated heterocycles. The molecular weight excluding hydrogens is 246 g/mol. The number of imidazole rings is 1. The van der Waals surface area contributed by atoms with E-state index in [0.29, 0.717) is 6.04 Å². The second-order valence-electron chi connectivity index (χ2n) is 6.68. The Balaban J connectivity index is 2.27. The summed E-state index contributed by atoms with van der Waals surface area (Å²) < 4.78 is 2.37. The summed E-state index contributed by atoms with van der Waals surface area (Å²) >= 11 is 0. The highest BCUT2D eigenvalue weighted by Gasteiger charge is 2.19. The average molecular weight is 273 g/mol. The maximum absolute atomic E-state index is 5.70. The highest BCUT2D eigenvalue weighted by Crippen LogP contribution is 2.28. The van der Waals surface area contributed by atoms with Gasteiger partial charge in [-0.3, -0.25) is 0 Å². The molecule has 1 heterocycles. The zero-order valence-electron chi connectivity index (χ0n) is 13.2. The molecule has 0 aliphatic carbocycles. The first-order valence-corrected chi connectivity index (χ1v) is 7.60. The standard InChI is InChI=1S/C17H27N3/c1-13(2)20-15-8-6-5-7-14(15)19-16(20)9-10-17(3,4)11-12-18/h5-8,13H,9-12,18H2,1-4H3. The molecule has 0 atom stereocenters. The maximum Gasteiger partial charge on any atom is 0.110 e. The van der Waals surface area contributed by atoms with Crippen LogP contribution in [-0.4, -0.2) is 16.1 Å². The second kappa shape index (κ2) is 5.96. The number of para-hydroxylation sites is 2. The van der Waals surface area contributed by atoms with E-state index in [9.17, 15) is 0 Å². The van der Waals surface area contributed by atoms with E-state index >= 15 is 0 Å². The Bertz CT molecular complexity index is 567. The van der Waals surface area contributed by atoms with Crippen LogP contribution in [0.4, 0.5) is 0 Å². The molecule has 110 valence electrons. The fourth-order valence-electron chi connectivity index (χ4n) is 2.81. The van der Waals surface area contributed by atoms with Crippen molar-refractivity contribution in [2.75, 3.05) is 6.54 Å². The second-order valence-corrected chi connectivity index (χ2v) is 6.68.